The minimum Gasteiger partial charge on any atom is -0.481 e. The molecule has 3 rings (SSSR count). The number of likely N-dealkylation sites (tertiary alicyclic amines) is 1. The van der Waals surface area contributed by atoms with Crippen LogP contribution in [0.2, 0.25) is 0 Å². The number of carbonyl (C=O) groups is 2. The Morgan fingerprint density at radius 1 is 1.17 bits per heavy atom. The molecule has 1 aromatic heterocycles. The van der Waals surface area contributed by atoms with Crippen molar-refractivity contribution in [2.24, 2.45) is 5.92 Å². The van der Waals surface area contributed by atoms with E-state index in [1.165, 1.54) is 12.8 Å². The van der Waals surface area contributed by atoms with Gasteiger partial charge < -0.3 is 10.0 Å². The Hall–Kier alpha value is -1.85. The van der Waals surface area contributed by atoms with Gasteiger partial charge in [0.1, 0.15) is 0 Å². The van der Waals surface area contributed by atoms with Crippen LogP contribution in [0, 0.1) is 5.92 Å². The molecule has 0 spiro atoms. The average molecular weight is 319 g/mol. The van der Waals surface area contributed by atoms with Gasteiger partial charge in [0.15, 0.2) is 5.69 Å². The Kier molecular flexibility index (Phi) is 3.94. The molecule has 0 atom stereocenters. The standard InChI is InChI=1S/C17H25N3O3/c1-17(2,3)20-14(11-4-5-11)10-13(18-20)15(21)19-8-6-12(7-9-19)16(22)23/h10-12H,4-9H2,1-3H3,(H,22,23). The zero-order chi connectivity index (χ0) is 16.8. The Bertz CT molecular complexity index is 618. The number of amides is 1. The lowest BCUT2D eigenvalue weighted by Gasteiger charge is -2.29. The minimum absolute atomic E-state index is 0.0706. The van der Waals surface area contributed by atoms with Crippen molar-refractivity contribution in [3.05, 3.63) is 17.5 Å². The summed E-state index contributed by atoms with van der Waals surface area (Å²) in [5.74, 6) is -0.627. The van der Waals surface area contributed by atoms with Gasteiger partial charge in [0, 0.05) is 24.7 Å². The van der Waals surface area contributed by atoms with E-state index in [2.05, 4.69) is 25.9 Å². The Balaban J connectivity index is 1.77. The fraction of sp³-hybridized carbons (Fsp3) is 0.706. The first-order chi connectivity index (χ1) is 10.8. The number of carboxylic acids is 1. The Morgan fingerprint density at radius 3 is 2.26 bits per heavy atom. The molecule has 1 aliphatic carbocycles. The summed E-state index contributed by atoms with van der Waals surface area (Å²) in [4.78, 5) is 25.5. The molecule has 23 heavy (non-hydrogen) atoms. The van der Waals surface area contributed by atoms with Crippen LogP contribution >= 0.6 is 0 Å². The van der Waals surface area contributed by atoms with E-state index in [-0.39, 0.29) is 17.4 Å². The van der Waals surface area contributed by atoms with Gasteiger partial charge in [0.2, 0.25) is 0 Å². The summed E-state index contributed by atoms with van der Waals surface area (Å²) in [6, 6.07) is 1.94. The third kappa shape index (κ3) is 3.26. The van der Waals surface area contributed by atoms with Gasteiger partial charge in [-0.2, -0.15) is 5.10 Å². The quantitative estimate of drug-likeness (QED) is 0.928. The maximum Gasteiger partial charge on any atom is 0.306 e. The van der Waals surface area contributed by atoms with Crippen molar-refractivity contribution in [3.8, 4) is 0 Å². The van der Waals surface area contributed by atoms with E-state index in [0.29, 0.717) is 37.5 Å². The van der Waals surface area contributed by atoms with Gasteiger partial charge in [-0.1, -0.05) is 0 Å². The molecular formula is C17H25N3O3. The number of piperidine rings is 1. The van der Waals surface area contributed by atoms with Gasteiger partial charge >= 0.3 is 5.97 Å². The van der Waals surface area contributed by atoms with E-state index in [1.54, 1.807) is 4.90 Å². The van der Waals surface area contributed by atoms with Crippen LogP contribution < -0.4 is 0 Å². The Labute approximate surface area is 136 Å². The van der Waals surface area contributed by atoms with Crippen LogP contribution in [0.5, 0.6) is 0 Å². The predicted octanol–water partition coefficient (Wildman–Crippen LogP) is 2.45. The number of carbonyl (C=O) groups excluding carboxylic acids is 1. The fourth-order valence-electron chi connectivity index (χ4n) is 3.20. The van der Waals surface area contributed by atoms with Crippen molar-refractivity contribution in [2.75, 3.05) is 13.1 Å². The predicted molar refractivity (Wildman–Crippen MR) is 85.5 cm³/mol. The molecule has 2 heterocycles. The summed E-state index contributed by atoms with van der Waals surface area (Å²) >= 11 is 0. The van der Waals surface area contributed by atoms with Crippen LogP contribution in [0.15, 0.2) is 6.07 Å². The monoisotopic (exact) mass is 319 g/mol. The van der Waals surface area contributed by atoms with E-state index >= 15 is 0 Å². The molecule has 1 saturated heterocycles. The lowest BCUT2D eigenvalue weighted by molar-refractivity contribution is -0.143. The molecule has 6 heteroatoms. The number of rotatable bonds is 3. The summed E-state index contributed by atoms with van der Waals surface area (Å²) in [6.45, 7) is 7.28. The van der Waals surface area contributed by atoms with Gasteiger partial charge in [-0.15, -0.1) is 0 Å². The summed E-state index contributed by atoms with van der Waals surface area (Å²) in [6.07, 6.45) is 3.38. The highest BCUT2D eigenvalue weighted by atomic mass is 16.4. The average Bonchev–Trinajstić information content (AvgIpc) is 3.23. The zero-order valence-corrected chi connectivity index (χ0v) is 14.1. The van der Waals surface area contributed by atoms with E-state index in [4.69, 9.17) is 5.11 Å². The van der Waals surface area contributed by atoms with E-state index in [1.807, 2.05) is 10.7 Å². The number of hydrogen-bond donors (Lipinski definition) is 1. The Morgan fingerprint density at radius 2 is 1.78 bits per heavy atom. The topological polar surface area (TPSA) is 75.4 Å². The first-order valence-corrected chi connectivity index (χ1v) is 8.40. The second-order valence-corrected chi connectivity index (χ2v) is 7.72. The number of aliphatic carboxylic acids is 1. The van der Waals surface area contributed by atoms with Gasteiger partial charge in [-0.25, -0.2) is 0 Å². The SMILES string of the molecule is CC(C)(C)n1nc(C(=O)N2CCC(C(=O)O)CC2)cc1C1CC1. The van der Waals surface area contributed by atoms with Crippen molar-refractivity contribution in [3.63, 3.8) is 0 Å². The van der Waals surface area contributed by atoms with Crippen LogP contribution in [0.3, 0.4) is 0 Å². The first-order valence-electron chi connectivity index (χ1n) is 8.40. The van der Waals surface area contributed by atoms with Crippen molar-refractivity contribution in [2.45, 2.75) is 57.9 Å². The molecule has 0 bridgehead atoms. The second kappa shape index (κ2) is 5.65. The third-order valence-corrected chi connectivity index (χ3v) is 4.72. The van der Waals surface area contributed by atoms with Crippen LogP contribution in [-0.4, -0.2) is 44.8 Å². The number of hydrogen-bond acceptors (Lipinski definition) is 3. The number of nitrogens with zero attached hydrogens (tertiary/aromatic N) is 3. The summed E-state index contributed by atoms with van der Waals surface area (Å²) in [7, 11) is 0. The second-order valence-electron chi connectivity index (χ2n) is 7.72. The maximum absolute atomic E-state index is 12.7. The molecule has 1 saturated carbocycles. The van der Waals surface area contributed by atoms with Crippen LogP contribution in [0.1, 0.15) is 68.6 Å². The summed E-state index contributed by atoms with van der Waals surface area (Å²) in [5.41, 5.74) is 1.50. The highest BCUT2D eigenvalue weighted by molar-refractivity contribution is 5.92. The molecule has 2 aliphatic rings. The van der Waals surface area contributed by atoms with Gasteiger partial charge in [0.25, 0.3) is 5.91 Å². The summed E-state index contributed by atoms with van der Waals surface area (Å²) < 4.78 is 1.99. The first kappa shape index (κ1) is 16.0. The lowest BCUT2D eigenvalue weighted by atomic mass is 9.97. The molecule has 6 nitrogen and oxygen atoms in total. The highest BCUT2D eigenvalue weighted by Crippen LogP contribution is 2.41. The van der Waals surface area contributed by atoms with Crippen LogP contribution in [-0.2, 0) is 10.3 Å². The smallest absolute Gasteiger partial charge is 0.306 e. The van der Waals surface area contributed by atoms with Crippen molar-refractivity contribution in [1.82, 2.24) is 14.7 Å². The molecule has 1 aliphatic heterocycles. The summed E-state index contributed by atoms with van der Waals surface area (Å²) in [5, 5.41) is 13.6. The molecule has 0 aromatic carbocycles. The molecule has 1 N–H and O–H groups in total. The van der Waals surface area contributed by atoms with Gasteiger partial charge in [-0.05, 0) is 52.5 Å². The molecular weight excluding hydrogens is 294 g/mol. The third-order valence-electron chi connectivity index (χ3n) is 4.72. The largest absolute Gasteiger partial charge is 0.481 e. The lowest BCUT2D eigenvalue weighted by Crippen LogP contribution is -2.40. The molecule has 1 amide bonds. The van der Waals surface area contributed by atoms with Crippen LogP contribution in [0.4, 0.5) is 0 Å². The number of aromatic nitrogens is 2. The molecule has 0 unspecified atom stereocenters. The fourth-order valence-corrected chi connectivity index (χ4v) is 3.20. The van der Waals surface area contributed by atoms with Crippen LogP contribution in [0.25, 0.3) is 0 Å². The number of carboxylic acid groups (broad SMARTS) is 1. The van der Waals surface area contributed by atoms with Gasteiger partial charge in [-0.3, -0.25) is 14.3 Å². The van der Waals surface area contributed by atoms with Gasteiger partial charge in [0.05, 0.1) is 11.5 Å². The highest BCUT2D eigenvalue weighted by Gasteiger charge is 2.34. The van der Waals surface area contributed by atoms with E-state index in [9.17, 15) is 9.59 Å². The molecule has 0 radical (unpaired) electrons. The molecule has 2 fully saturated rings. The molecule has 126 valence electrons. The van der Waals surface area contributed by atoms with Crippen molar-refractivity contribution in [1.29, 1.82) is 0 Å². The minimum atomic E-state index is -0.759. The molecule has 1 aromatic rings. The maximum atomic E-state index is 12.7. The van der Waals surface area contributed by atoms with E-state index < -0.39 is 5.97 Å². The zero-order valence-electron chi connectivity index (χ0n) is 14.1. The van der Waals surface area contributed by atoms with Crippen molar-refractivity contribution < 1.29 is 14.7 Å². The normalized spacial score (nSPS) is 19.9. The van der Waals surface area contributed by atoms with Crippen molar-refractivity contribution >= 4 is 11.9 Å². The van der Waals surface area contributed by atoms with E-state index in [0.717, 1.165) is 5.69 Å².